The quantitative estimate of drug-likeness (QED) is 0.666. The highest BCUT2D eigenvalue weighted by atomic mass is 79.9. The van der Waals surface area contributed by atoms with E-state index in [0.717, 1.165) is 10.0 Å². The molecule has 2 aromatic carbocycles. The fourth-order valence-electron chi connectivity index (χ4n) is 1.57. The molecule has 2 aromatic rings. The van der Waals surface area contributed by atoms with Crippen molar-refractivity contribution in [3.63, 3.8) is 0 Å². The van der Waals surface area contributed by atoms with Crippen molar-refractivity contribution < 1.29 is 9.53 Å². The SMILES string of the molecule is CC(Oc1ccc(Br)cc1)C(=O)NN=Cc1ccccc1. The maximum absolute atomic E-state index is 11.8. The highest BCUT2D eigenvalue weighted by molar-refractivity contribution is 9.10. The molecule has 0 saturated carbocycles. The lowest BCUT2D eigenvalue weighted by Crippen LogP contribution is -2.33. The van der Waals surface area contributed by atoms with E-state index < -0.39 is 6.10 Å². The standard InChI is InChI=1S/C16H15BrN2O2/c1-12(21-15-9-7-14(17)8-10-15)16(20)19-18-11-13-5-3-2-4-6-13/h2-12H,1H3,(H,19,20). The average molecular weight is 347 g/mol. The van der Waals surface area contributed by atoms with Gasteiger partial charge in [0.05, 0.1) is 6.21 Å². The minimum Gasteiger partial charge on any atom is -0.481 e. The van der Waals surface area contributed by atoms with Crippen molar-refractivity contribution in [2.24, 2.45) is 5.10 Å². The second-order valence-corrected chi connectivity index (χ2v) is 5.27. The number of hydrogen-bond donors (Lipinski definition) is 1. The van der Waals surface area contributed by atoms with Crippen molar-refractivity contribution in [1.29, 1.82) is 0 Å². The fraction of sp³-hybridized carbons (Fsp3) is 0.125. The van der Waals surface area contributed by atoms with E-state index in [0.29, 0.717) is 5.75 Å². The number of ether oxygens (including phenoxy) is 1. The van der Waals surface area contributed by atoms with Crippen LogP contribution in [0.25, 0.3) is 0 Å². The molecule has 1 amide bonds. The highest BCUT2D eigenvalue weighted by Crippen LogP contribution is 2.17. The molecule has 108 valence electrons. The molecule has 1 N–H and O–H groups in total. The molecule has 1 atom stereocenters. The summed E-state index contributed by atoms with van der Waals surface area (Å²) < 4.78 is 6.48. The number of rotatable bonds is 5. The van der Waals surface area contributed by atoms with Crippen molar-refractivity contribution in [1.82, 2.24) is 5.43 Å². The number of nitrogens with zero attached hydrogens (tertiary/aromatic N) is 1. The molecule has 5 heteroatoms. The molecular weight excluding hydrogens is 332 g/mol. The Balaban J connectivity index is 1.85. The minimum absolute atomic E-state index is 0.301. The van der Waals surface area contributed by atoms with E-state index in [1.165, 1.54) is 0 Å². The van der Waals surface area contributed by atoms with Crippen LogP contribution in [0.2, 0.25) is 0 Å². The van der Waals surface area contributed by atoms with Crippen molar-refractivity contribution in [3.8, 4) is 5.75 Å². The van der Waals surface area contributed by atoms with Crippen LogP contribution < -0.4 is 10.2 Å². The van der Waals surface area contributed by atoms with Gasteiger partial charge in [-0.2, -0.15) is 5.10 Å². The Labute approximate surface area is 132 Å². The summed E-state index contributed by atoms with van der Waals surface area (Å²) in [5.41, 5.74) is 3.37. The van der Waals surface area contributed by atoms with Crippen molar-refractivity contribution in [3.05, 3.63) is 64.6 Å². The lowest BCUT2D eigenvalue weighted by atomic mass is 10.2. The third kappa shape index (κ3) is 5.04. The number of benzene rings is 2. The Morgan fingerprint density at radius 3 is 2.52 bits per heavy atom. The minimum atomic E-state index is -0.626. The Kier molecular flexibility index (Phi) is 5.51. The summed E-state index contributed by atoms with van der Waals surface area (Å²) in [5.74, 6) is 0.331. The summed E-state index contributed by atoms with van der Waals surface area (Å²) in [4.78, 5) is 11.8. The Morgan fingerprint density at radius 1 is 1.19 bits per heavy atom. The number of hydrogen-bond acceptors (Lipinski definition) is 3. The van der Waals surface area contributed by atoms with Gasteiger partial charge in [-0.1, -0.05) is 46.3 Å². The van der Waals surface area contributed by atoms with Gasteiger partial charge in [0.2, 0.25) is 0 Å². The van der Waals surface area contributed by atoms with Crippen LogP contribution in [0.1, 0.15) is 12.5 Å². The molecule has 1 unspecified atom stereocenters. The zero-order chi connectivity index (χ0) is 15.1. The van der Waals surface area contributed by atoms with Gasteiger partial charge in [0.25, 0.3) is 5.91 Å². The van der Waals surface area contributed by atoms with Crippen molar-refractivity contribution in [2.75, 3.05) is 0 Å². The van der Waals surface area contributed by atoms with Crippen molar-refractivity contribution >= 4 is 28.1 Å². The van der Waals surface area contributed by atoms with Gasteiger partial charge >= 0.3 is 0 Å². The molecular formula is C16H15BrN2O2. The summed E-state index contributed by atoms with van der Waals surface area (Å²) >= 11 is 3.34. The van der Waals surface area contributed by atoms with E-state index in [1.54, 1.807) is 25.3 Å². The van der Waals surface area contributed by atoms with Gasteiger partial charge in [-0.3, -0.25) is 4.79 Å². The summed E-state index contributed by atoms with van der Waals surface area (Å²) in [6.07, 6.45) is 0.962. The third-order valence-electron chi connectivity index (χ3n) is 2.68. The first-order chi connectivity index (χ1) is 10.1. The Hall–Kier alpha value is -2.14. The van der Waals surface area contributed by atoms with E-state index in [-0.39, 0.29) is 5.91 Å². The van der Waals surface area contributed by atoms with Crippen LogP contribution in [0.4, 0.5) is 0 Å². The second kappa shape index (κ2) is 7.59. The maximum Gasteiger partial charge on any atom is 0.280 e. The Bertz CT molecular complexity index is 612. The van der Waals surface area contributed by atoms with Crippen LogP contribution in [-0.2, 0) is 4.79 Å². The highest BCUT2D eigenvalue weighted by Gasteiger charge is 2.13. The monoisotopic (exact) mass is 346 g/mol. The molecule has 0 radical (unpaired) electrons. The molecule has 2 rings (SSSR count). The molecule has 4 nitrogen and oxygen atoms in total. The van der Waals surface area contributed by atoms with Gasteiger partial charge in [-0.25, -0.2) is 5.43 Å². The lowest BCUT2D eigenvalue weighted by Gasteiger charge is -2.12. The first kappa shape index (κ1) is 15.3. The molecule has 0 heterocycles. The van der Waals surface area contributed by atoms with Crippen LogP contribution in [0, 0.1) is 0 Å². The summed E-state index contributed by atoms with van der Waals surface area (Å²) in [7, 11) is 0. The molecule has 0 bridgehead atoms. The van der Waals surface area contributed by atoms with Crippen LogP contribution >= 0.6 is 15.9 Å². The molecule has 0 aliphatic carbocycles. The molecule has 0 saturated heterocycles. The summed E-state index contributed by atoms with van der Waals surface area (Å²) in [6, 6.07) is 16.8. The number of hydrazone groups is 1. The largest absolute Gasteiger partial charge is 0.481 e. The van der Waals surface area contributed by atoms with Crippen LogP contribution in [0.5, 0.6) is 5.75 Å². The van der Waals surface area contributed by atoms with E-state index in [9.17, 15) is 4.79 Å². The van der Waals surface area contributed by atoms with E-state index in [1.807, 2.05) is 42.5 Å². The molecule has 21 heavy (non-hydrogen) atoms. The van der Waals surface area contributed by atoms with Gasteiger partial charge in [0.1, 0.15) is 5.75 Å². The van der Waals surface area contributed by atoms with E-state index in [2.05, 4.69) is 26.5 Å². The summed E-state index contributed by atoms with van der Waals surface area (Å²) in [5, 5.41) is 3.91. The third-order valence-corrected chi connectivity index (χ3v) is 3.21. The number of carbonyl (C=O) groups excluding carboxylic acids is 1. The normalized spacial score (nSPS) is 12.1. The first-order valence-electron chi connectivity index (χ1n) is 6.45. The topological polar surface area (TPSA) is 50.7 Å². The maximum atomic E-state index is 11.8. The molecule has 0 aliphatic heterocycles. The number of halogens is 1. The van der Waals surface area contributed by atoms with Gasteiger partial charge in [0.15, 0.2) is 6.10 Å². The van der Waals surface area contributed by atoms with Gasteiger partial charge in [0, 0.05) is 4.47 Å². The van der Waals surface area contributed by atoms with Gasteiger partial charge < -0.3 is 4.74 Å². The number of carbonyl (C=O) groups is 1. The Morgan fingerprint density at radius 2 is 1.86 bits per heavy atom. The average Bonchev–Trinajstić information content (AvgIpc) is 2.50. The predicted molar refractivity (Wildman–Crippen MR) is 86.4 cm³/mol. The van der Waals surface area contributed by atoms with Crippen LogP contribution in [0.3, 0.4) is 0 Å². The lowest BCUT2D eigenvalue weighted by molar-refractivity contribution is -0.127. The first-order valence-corrected chi connectivity index (χ1v) is 7.24. The van der Waals surface area contributed by atoms with Gasteiger partial charge in [-0.15, -0.1) is 0 Å². The van der Waals surface area contributed by atoms with Crippen LogP contribution in [-0.4, -0.2) is 18.2 Å². The number of amides is 1. The van der Waals surface area contributed by atoms with Gasteiger partial charge in [-0.05, 0) is 36.8 Å². The van der Waals surface area contributed by atoms with E-state index in [4.69, 9.17) is 4.74 Å². The summed E-state index contributed by atoms with van der Waals surface area (Å²) in [6.45, 7) is 1.68. The zero-order valence-corrected chi connectivity index (χ0v) is 13.1. The van der Waals surface area contributed by atoms with E-state index >= 15 is 0 Å². The molecule has 0 aliphatic rings. The van der Waals surface area contributed by atoms with Crippen molar-refractivity contribution in [2.45, 2.75) is 13.0 Å². The fourth-order valence-corrected chi connectivity index (χ4v) is 1.84. The van der Waals surface area contributed by atoms with Crippen LogP contribution in [0.15, 0.2) is 64.2 Å². The molecule has 0 aromatic heterocycles. The second-order valence-electron chi connectivity index (χ2n) is 4.36. The zero-order valence-electron chi connectivity index (χ0n) is 11.5. The number of nitrogens with one attached hydrogen (secondary N) is 1. The predicted octanol–water partition coefficient (Wildman–Crippen LogP) is 3.37. The smallest absolute Gasteiger partial charge is 0.280 e. The molecule has 0 fully saturated rings. The molecule has 0 spiro atoms.